The van der Waals surface area contributed by atoms with E-state index in [2.05, 4.69) is 15.9 Å². The Morgan fingerprint density at radius 3 is 2.77 bits per heavy atom. The van der Waals surface area contributed by atoms with E-state index >= 15 is 0 Å². The average Bonchev–Trinajstić information content (AvgIpc) is 2.44. The summed E-state index contributed by atoms with van der Waals surface area (Å²) in [4.78, 5) is 13.4. The van der Waals surface area contributed by atoms with Crippen molar-refractivity contribution >= 4 is 37.4 Å². The van der Waals surface area contributed by atoms with E-state index in [9.17, 15) is 18.3 Å². The summed E-state index contributed by atoms with van der Waals surface area (Å²) in [7, 11) is -3.04. The van der Waals surface area contributed by atoms with Crippen LogP contribution in [-0.4, -0.2) is 44.1 Å². The summed E-state index contributed by atoms with van der Waals surface area (Å²) < 4.78 is 24.6. The number of sulfone groups is 1. The van der Waals surface area contributed by atoms with Crippen LogP contribution in [0.2, 0.25) is 0 Å². The van der Waals surface area contributed by atoms with Crippen LogP contribution in [0.4, 0.5) is 5.69 Å². The van der Waals surface area contributed by atoms with Gasteiger partial charge in [0.15, 0.2) is 9.84 Å². The molecule has 0 bridgehead atoms. The minimum Gasteiger partial charge on any atom is -0.481 e. The Bertz CT molecular complexity index is 660. The first-order chi connectivity index (χ1) is 10.3. The SMILES string of the molecule is CCCS(=O)(=O)CCN1CCC(C(=O)O)c2cc(Br)ccc21. The molecule has 0 saturated heterocycles. The topological polar surface area (TPSA) is 74.7 Å². The third-order valence-corrected chi connectivity index (χ3v) is 6.21. The molecule has 1 unspecified atom stereocenters. The molecule has 0 amide bonds. The number of nitrogens with zero attached hydrogens (tertiary/aromatic N) is 1. The van der Waals surface area contributed by atoms with E-state index < -0.39 is 21.7 Å². The Morgan fingerprint density at radius 1 is 1.41 bits per heavy atom. The van der Waals surface area contributed by atoms with Gasteiger partial charge >= 0.3 is 5.97 Å². The normalized spacial score (nSPS) is 18.1. The highest BCUT2D eigenvalue weighted by molar-refractivity contribution is 9.10. The Labute approximate surface area is 139 Å². The number of halogens is 1. The number of fused-ring (bicyclic) bond motifs is 1. The smallest absolute Gasteiger partial charge is 0.311 e. The molecule has 0 aliphatic carbocycles. The predicted octanol–water partition coefficient (Wildman–Crippen LogP) is 2.65. The third-order valence-electron chi connectivity index (χ3n) is 3.88. The van der Waals surface area contributed by atoms with E-state index in [0.29, 0.717) is 25.9 Å². The zero-order valence-electron chi connectivity index (χ0n) is 12.5. The fraction of sp³-hybridized carbons (Fsp3) is 0.533. The lowest BCUT2D eigenvalue weighted by molar-refractivity contribution is -0.139. The summed E-state index contributed by atoms with van der Waals surface area (Å²) in [5, 5.41) is 9.36. The molecule has 1 atom stereocenters. The summed E-state index contributed by atoms with van der Waals surface area (Å²) >= 11 is 3.37. The molecule has 22 heavy (non-hydrogen) atoms. The lowest BCUT2D eigenvalue weighted by Crippen LogP contribution is -2.37. The van der Waals surface area contributed by atoms with Gasteiger partial charge in [-0.15, -0.1) is 0 Å². The van der Waals surface area contributed by atoms with Crippen molar-refractivity contribution in [2.45, 2.75) is 25.7 Å². The Kier molecular flexibility index (Phi) is 5.50. The van der Waals surface area contributed by atoms with Crippen LogP contribution in [0, 0.1) is 0 Å². The van der Waals surface area contributed by atoms with Crippen molar-refractivity contribution in [2.24, 2.45) is 0 Å². The molecule has 1 aliphatic rings. The van der Waals surface area contributed by atoms with Gasteiger partial charge in [-0.3, -0.25) is 4.79 Å². The van der Waals surface area contributed by atoms with Crippen molar-refractivity contribution in [3.05, 3.63) is 28.2 Å². The van der Waals surface area contributed by atoms with Crippen LogP contribution < -0.4 is 4.90 Å². The maximum Gasteiger partial charge on any atom is 0.311 e. The second-order valence-corrected chi connectivity index (χ2v) is 8.74. The van der Waals surface area contributed by atoms with Crippen LogP contribution in [0.15, 0.2) is 22.7 Å². The van der Waals surface area contributed by atoms with Gasteiger partial charge in [0, 0.05) is 29.0 Å². The number of aliphatic carboxylic acids is 1. The maximum absolute atomic E-state index is 11.9. The minimum absolute atomic E-state index is 0.105. The second kappa shape index (κ2) is 7.00. The molecule has 1 N–H and O–H groups in total. The summed E-state index contributed by atoms with van der Waals surface area (Å²) in [5.41, 5.74) is 1.58. The minimum atomic E-state index is -3.04. The lowest BCUT2D eigenvalue weighted by Gasteiger charge is -2.34. The molecule has 5 nitrogen and oxygen atoms in total. The first kappa shape index (κ1) is 17.3. The molecular formula is C15H20BrNO4S. The van der Waals surface area contributed by atoms with Crippen LogP contribution in [0.25, 0.3) is 0 Å². The molecule has 1 aromatic carbocycles. The quantitative estimate of drug-likeness (QED) is 0.809. The van der Waals surface area contributed by atoms with Gasteiger partial charge in [-0.2, -0.15) is 0 Å². The number of hydrogen-bond acceptors (Lipinski definition) is 4. The molecule has 0 spiro atoms. The Morgan fingerprint density at radius 2 is 2.14 bits per heavy atom. The first-order valence-electron chi connectivity index (χ1n) is 7.31. The number of carboxylic acid groups (broad SMARTS) is 1. The largest absolute Gasteiger partial charge is 0.481 e. The van der Waals surface area contributed by atoms with Crippen molar-refractivity contribution in [1.82, 2.24) is 0 Å². The van der Waals surface area contributed by atoms with E-state index in [-0.39, 0.29) is 11.5 Å². The number of hydrogen-bond donors (Lipinski definition) is 1. The van der Waals surface area contributed by atoms with Crippen LogP contribution in [0.1, 0.15) is 31.2 Å². The highest BCUT2D eigenvalue weighted by Crippen LogP contribution is 2.37. The van der Waals surface area contributed by atoms with Gasteiger partial charge in [-0.1, -0.05) is 22.9 Å². The van der Waals surface area contributed by atoms with Crippen LogP contribution in [0.5, 0.6) is 0 Å². The van der Waals surface area contributed by atoms with Gasteiger partial charge in [0.1, 0.15) is 0 Å². The van der Waals surface area contributed by atoms with E-state index in [1.54, 1.807) is 0 Å². The Hall–Kier alpha value is -1.08. The highest BCUT2D eigenvalue weighted by Gasteiger charge is 2.30. The predicted molar refractivity (Wildman–Crippen MR) is 90.3 cm³/mol. The number of carboxylic acids is 1. The van der Waals surface area contributed by atoms with Crippen molar-refractivity contribution in [2.75, 3.05) is 29.5 Å². The zero-order valence-corrected chi connectivity index (χ0v) is 14.9. The van der Waals surface area contributed by atoms with E-state index in [1.165, 1.54) is 0 Å². The summed E-state index contributed by atoms with van der Waals surface area (Å²) in [6, 6.07) is 5.54. The molecule has 1 heterocycles. The van der Waals surface area contributed by atoms with Crippen molar-refractivity contribution in [3.8, 4) is 0 Å². The first-order valence-corrected chi connectivity index (χ1v) is 9.93. The number of anilines is 1. The van der Waals surface area contributed by atoms with Gasteiger partial charge in [-0.25, -0.2) is 8.42 Å². The van der Waals surface area contributed by atoms with E-state index in [0.717, 1.165) is 15.7 Å². The Balaban J connectivity index is 2.22. The molecule has 0 radical (unpaired) electrons. The van der Waals surface area contributed by atoms with Crippen molar-refractivity contribution in [1.29, 1.82) is 0 Å². The number of rotatable bonds is 6. The molecule has 0 aromatic heterocycles. The molecule has 0 saturated carbocycles. The van der Waals surface area contributed by atoms with Crippen molar-refractivity contribution in [3.63, 3.8) is 0 Å². The summed E-state index contributed by atoms with van der Waals surface area (Å²) in [6.45, 7) is 2.82. The summed E-state index contributed by atoms with van der Waals surface area (Å²) in [6.07, 6.45) is 1.11. The number of benzene rings is 1. The second-order valence-electron chi connectivity index (χ2n) is 5.52. The van der Waals surface area contributed by atoms with E-state index in [4.69, 9.17) is 0 Å². The standard InChI is InChI=1S/C15H20BrNO4S/c1-2-8-22(20,21)9-7-17-6-5-12(15(18)19)13-10-11(16)3-4-14(13)17/h3-4,10,12H,2,5-9H2,1H3,(H,18,19). The van der Waals surface area contributed by atoms with Gasteiger partial charge in [-0.05, 0) is 36.6 Å². The van der Waals surface area contributed by atoms with Gasteiger partial charge in [0.2, 0.25) is 0 Å². The molecular weight excluding hydrogens is 370 g/mol. The van der Waals surface area contributed by atoms with E-state index in [1.807, 2.05) is 30.0 Å². The van der Waals surface area contributed by atoms with Crippen molar-refractivity contribution < 1.29 is 18.3 Å². The summed E-state index contributed by atoms with van der Waals surface area (Å²) in [5.74, 6) is -1.06. The monoisotopic (exact) mass is 389 g/mol. The fourth-order valence-corrected chi connectivity index (χ4v) is 4.51. The van der Waals surface area contributed by atoms with Gasteiger partial charge in [0.05, 0.1) is 11.7 Å². The van der Waals surface area contributed by atoms with Crippen LogP contribution in [-0.2, 0) is 14.6 Å². The average molecular weight is 390 g/mol. The molecule has 1 aromatic rings. The van der Waals surface area contributed by atoms with Gasteiger partial charge < -0.3 is 10.0 Å². The number of carbonyl (C=O) groups is 1. The van der Waals surface area contributed by atoms with Crippen LogP contribution >= 0.6 is 15.9 Å². The molecule has 2 rings (SSSR count). The lowest BCUT2D eigenvalue weighted by atomic mass is 9.90. The zero-order chi connectivity index (χ0) is 16.3. The van der Waals surface area contributed by atoms with Gasteiger partial charge in [0.25, 0.3) is 0 Å². The molecule has 1 aliphatic heterocycles. The molecule has 7 heteroatoms. The van der Waals surface area contributed by atoms with Crippen LogP contribution in [0.3, 0.4) is 0 Å². The third kappa shape index (κ3) is 4.01. The molecule has 0 fully saturated rings. The molecule has 122 valence electrons. The fourth-order valence-electron chi connectivity index (χ4n) is 2.80. The highest BCUT2D eigenvalue weighted by atomic mass is 79.9. The maximum atomic E-state index is 11.9.